The number of para-hydroxylation sites is 3. The van der Waals surface area contributed by atoms with Crippen molar-refractivity contribution in [1.29, 1.82) is 0 Å². The summed E-state index contributed by atoms with van der Waals surface area (Å²) in [5.74, 6) is 1.58. The summed E-state index contributed by atoms with van der Waals surface area (Å²) in [7, 11) is -4.27. The van der Waals surface area contributed by atoms with E-state index < -0.39 is 10.1 Å². The molecule has 7 nitrogen and oxygen atoms in total. The molecule has 0 saturated heterocycles. The van der Waals surface area contributed by atoms with Crippen LogP contribution in [0.2, 0.25) is 0 Å². The molecular weight excluding hydrogens is 512 g/mol. The van der Waals surface area contributed by atoms with Gasteiger partial charge in [0.05, 0.1) is 22.6 Å². The molecule has 1 aromatic heterocycles. The fraction of sp³-hybridized carbons (Fsp3) is 0.258. The van der Waals surface area contributed by atoms with E-state index in [-0.39, 0.29) is 11.5 Å². The van der Waals surface area contributed by atoms with Gasteiger partial charge in [-0.1, -0.05) is 55.3 Å². The molecule has 0 spiro atoms. The van der Waals surface area contributed by atoms with E-state index in [2.05, 4.69) is 54.1 Å². The van der Waals surface area contributed by atoms with E-state index in [0.29, 0.717) is 6.54 Å². The van der Waals surface area contributed by atoms with Crippen molar-refractivity contribution in [3.63, 3.8) is 0 Å². The maximum atomic E-state index is 10.4. The topological polar surface area (TPSA) is 93.8 Å². The lowest BCUT2D eigenvalue weighted by Gasteiger charge is -2.17. The molecule has 1 N–H and O–H groups in total. The van der Waals surface area contributed by atoms with Crippen LogP contribution >= 0.6 is 0 Å². The highest BCUT2D eigenvalue weighted by atomic mass is 32.2. The van der Waals surface area contributed by atoms with Crippen LogP contribution in [0.15, 0.2) is 95.8 Å². The molecule has 0 amide bonds. The number of ether oxygens (including phenoxy) is 1. The van der Waals surface area contributed by atoms with Gasteiger partial charge in [-0.15, -0.1) is 0 Å². The Hall–Kier alpha value is -3.72. The number of aromatic nitrogens is 1. The van der Waals surface area contributed by atoms with Gasteiger partial charge in [-0.2, -0.15) is 4.57 Å². The van der Waals surface area contributed by atoms with Gasteiger partial charge in [0.15, 0.2) is 11.9 Å². The first-order valence-corrected chi connectivity index (χ1v) is 14.5. The molecule has 39 heavy (non-hydrogen) atoms. The lowest BCUT2D eigenvalue weighted by molar-refractivity contribution is -0.671. The Morgan fingerprint density at radius 1 is 0.974 bits per heavy atom. The van der Waals surface area contributed by atoms with Crippen LogP contribution in [-0.2, 0) is 16.7 Å². The SMILES string of the molecule is CCCCC[n+]1ccc(/C=C2\Oc3ccccc3N2CCO)c2ccccc21.Cc1ccc(S(=O)(=O)[O-])cc1. The van der Waals surface area contributed by atoms with E-state index in [1.165, 1.54) is 42.3 Å². The highest BCUT2D eigenvalue weighted by Gasteiger charge is 2.26. The zero-order chi connectivity index (χ0) is 27.8. The first kappa shape index (κ1) is 28.3. The zero-order valence-corrected chi connectivity index (χ0v) is 23.1. The molecule has 1 aliphatic heterocycles. The summed E-state index contributed by atoms with van der Waals surface area (Å²) in [6, 6.07) is 24.4. The van der Waals surface area contributed by atoms with Crippen LogP contribution in [0.5, 0.6) is 5.75 Å². The second-order valence-corrected chi connectivity index (χ2v) is 10.8. The van der Waals surface area contributed by atoms with Gasteiger partial charge in [-0.25, -0.2) is 8.42 Å². The minimum absolute atomic E-state index is 0.0714. The Morgan fingerprint density at radius 3 is 2.41 bits per heavy atom. The van der Waals surface area contributed by atoms with Gasteiger partial charge in [-0.3, -0.25) is 0 Å². The molecule has 3 aromatic carbocycles. The molecule has 0 unspecified atom stereocenters. The number of anilines is 1. The van der Waals surface area contributed by atoms with Gasteiger partial charge in [-0.05, 0) is 49.2 Å². The Labute approximate surface area is 230 Å². The number of benzene rings is 3. The quantitative estimate of drug-likeness (QED) is 0.181. The summed E-state index contributed by atoms with van der Waals surface area (Å²) in [5, 5.41) is 10.7. The molecule has 0 fully saturated rings. The van der Waals surface area contributed by atoms with Gasteiger partial charge in [0.1, 0.15) is 16.7 Å². The van der Waals surface area contributed by atoms with Crippen LogP contribution in [0.1, 0.15) is 37.3 Å². The average Bonchev–Trinajstić information content (AvgIpc) is 3.27. The Morgan fingerprint density at radius 2 is 1.69 bits per heavy atom. The van der Waals surface area contributed by atoms with E-state index in [9.17, 15) is 18.1 Å². The minimum Gasteiger partial charge on any atom is -0.744 e. The summed E-state index contributed by atoms with van der Waals surface area (Å²) in [6.45, 7) is 5.66. The number of rotatable bonds is 8. The molecule has 2 heterocycles. The fourth-order valence-corrected chi connectivity index (χ4v) is 4.96. The third kappa shape index (κ3) is 7.03. The van der Waals surface area contributed by atoms with Gasteiger partial charge in [0, 0.05) is 31.2 Å². The van der Waals surface area contributed by atoms with Crippen LogP contribution in [0.3, 0.4) is 0 Å². The lowest BCUT2D eigenvalue weighted by atomic mass is 10.1. The number of hydrogen-bond donors (Lipinski definition) is 1. The summed E-state index contributed by atoms with van der Waals surface area (Å²) >= 11 is 0. The van der Waals surface area contributed by atoms with Crippen LogP contribution < -0.4 is 14.2 Å². The van der Waals surface area contributed by atoms with Crippen LogP contribution in [0, 0.1) is 6.92 Å². The van der Waals surface area contributed by atoms with Crippen LogP contribution in [0.25, 0.3) is 17.0 Å². The van der Waals surface area contributed by atoms with Crippen molar-refractivity contribution in [2.75, 3.05) is 18.1 Å². The monoisotopic (exact) mass is 546 g/mol. The number of fused-ring (bicyclic) bond motifs is 2. The van der Waals surface area contributed by atoms with Crippen molar-refractivity contribution in [2.24, 2.45) is 0 Å². The fourth-order valence-electron chi connectivity index (χ4n) is 4.49. The standard InChI is InChI=1S/C24H27N2O2.C7H8O3S/c1-2-3-8-14-25-15-13-19(20-9-4-5-10-21(20)25)18-24-26(16-17-27)22-11-6-7-12-23(22)28-24;1-6-2-4-7(5-3-6)11(8,9)10/h4-7,9-13,15,18,27H,2-3,8,14,16-17H2,1H3;2-5H,1H3,(H,8,9,10)/q+1;/p-1. The summed E-state index contributed by atoms with van der Waals surface area (Å²) in [4.78, 5) is 1.86. The average molecular weight is 547 g/mol. The first-order chi connectivity index (χ1) is 18.8. The third-order valence-corrected chi connectivity index (χ3v) is 7.36. The largest absolute Gasteiger partial charge is 0.744 e. The van der Waals surface area contributed by atoms with E-state index in [1.807, 2.05) is 36.1 Å². The minimum atomic E-state index is -4.27. The number of β-amino-alcohol motifs (C(OH)–C–C–N with tert-alkyl or cyclic N) is 1. The van der Waals surface area contributed by atoms with Gasteiger partial charge in [0.25, 0.3) is 0 Å². The molecule has 0 bridgehead atoms. The molecule has 0 aliphatic carbocycles. The van der Waals surface area contributed by atoms with Crippen molar-refractivity contribution in [3.05, 3.63) is 102 Å². The predicted molar refractivity (Wildman–Crippen MR) is 152 cm³/mol. The van der Waals surface area contributed by atoms with E-state index >= 15 is 0 Å². The predicted octanol–water partition coefficient (Wildman–Crippen LogP) is 5.41. The summed E-state index contributed by atoms with van der Waals surface area (Å²) in [6.07, 6.45) is 7.90. The lowest BCUT2D eigenvalue weighted by Crippen LogP contribution is -2.34. The van der Waals surface area contributed by atoms with Crippen LogP contribution in [0.4, 0.5) is 5.69 Å². The summed E-state index contributed by atoms with van der Waals surface area (Å²) < 4.78 is 39.6. The smallest absolute Gasteiger partial charge is 0.213 e. The van der Waals surface area contributed by atoms with Crippen molar-refractivity contribution in [1.82, 2.24) is 0 Å². The number of hydrogen-bond acceptors (Lipinski definition) is 6. The third-order valence-electron chi connectivity index (χ3n) is 6.51. The first-order valence-electron chi connectivity index (χ1n) is 13.1. The molecule has 0 radical (unpaired) electrons. The van der Waals surface area contributed by atoms with E-state index in [4.69, 9.17) is 4.74 Å². The van der Waals surface area contributed by atoms with Crippen molar-refractivity contribution < 1.29 is 27.4 Å². The number of pyridine rings is 1. The highest BCUT2D eigenvalue weighted by molar-refractivity contribution is 7.85. The Balaban J connectivity index is 0.000000270. The van der Waals surface area contributed by atoms with Crippen molar-refractivity contribution in [3.8, 4) is 5.75 Å². The number of aryl methyl sites for hydroxylation is 2. The molecule has 0 atom stereocenters. The second-order valence-electron chi connectivity index (χ2n) is 9.38. The molecule has 204 valence electrons. The molecule has 5 rings (SSSR count). The highest BCUT2D eigenvalue weighted by Crippen LogP contribution is 2.39. The number of aliphatic hydroxyl groups is 1. The molecule has 4 aromatic rings. The van der Waals surface area contributed by atoms with Gasteiger partial charge in [0.2, 0.25) is 11.4 Å². The molecule has 1 aliphatic rings. The summed E-state index contributed by atoms with van der Waals surface area (Å²) in [5.41, 5.74) is 4.28. The van der Waals surface area contributed by atoms with E-state index in [0.717, 1.165) is 35.0 Å². The molecule has 0 saturated carbocycles. The maximum absolute atomic E-state index is 10.4. The Bertz CT molecular complexity index is 1550. The zero-order valence-electron chi connectivity index (χ0n) is 22.3. The number of nitrogens with zero attached hydrogens (tertiary/aromatic N) is 2. The Kier molecular flexibility index (Phi) is 9.35. The van der Waals surface area contributed by atoms with Crippen molar-refractivity contribution >= 4 is 32.8 Å². The number of unbranched alkanes of at least 4 members (excludes halogenated alkanes) is 2. The van der Waals surface area contributed by atoms with Gasteiger partial charge >= 0.3 is 0 Å². The normalized spacial score (nSPS) is 13.6. The second kappa shape index (κ2) is 12.9. The van der Waals surface area contributed by atoms with Gasteiger partial charge < -0.3 is 19.3 Å². The maximum Gasteiger partial charge on any atom is 0.213 e. The van der Waals surface area contributed by atoms with Crippen molar-refractivity contribution in [2.45, 2.75) is 44.6 Å². The molecular formula is C31H34N2O5S. The number of aliphatic hydroxyl groups excluding tert-OH is 1. The molecule has 8 heteroatoms. The van der Waals surface area contributed by atoms with Crippen LogP contribution in [-0.4, -0.2) is 31.2 Å². The van der Waals surface area contributed by atoms with E-state index in [1.54, 1.807) is 12.1 Å².